The summed E-state index contributed by atoms with van der Waals surface area (Å²) in [7, 11) is -1.06. The molecule has 17 heteroatoms. The molecule has 79 heavy (non-hydrogen) atoms. The van der Waals surface area contributed by atoms with E-state index in [1.165, 1.54) is 16.1 Å². The SMILES string of the molecule is COc1cc2c(cc1OCCCOc1ccc(-c3ccc4c(c3)c3cc(-c5ccc(OCCCOc6cc7c(cc6OC)C(=O)N6CCC[C@H]6C=N7)cc5)ccc3n4S(=O)(=O)c3ccc(F)cc3)cc1)N=C[C@@H]1CCCN1C2=O. The average Bonchev–Trinajstić information content (AvgIpc) is 4.33. The predicted octanol–water partition coefficient (Wildman–Crippen LogP) is 11.9. The summed E-state index contributed by atoms with van der Waals surface area (Å²) in [6, 6.07) is 38.7. The largest absolute Gasteiger partial charge is 0.493 e. The van der Waals surface area contributed by atoms with Crippen molar-refractivity contribution in [1.82, 2.24) is 13.8 Å². The Morgan fingerprint density at radius 2 is 0.949 bits per heavy atom. The van der Waals surface area contributed by atoms with Crippen molar-refractivity contribution in [3.8, 4) is 56.8 Å². The molecule has 0 saturated carbocycles. The zero-order chi connectivity index (χ0) is 54.2. The van der Waals surface area contributed by atoms with Crippen LogP contribution in [0.4, 0.5) is 15.8 Å². The lowest BCUT2D eigenvalue weighted by Gasteiger charge is -2.20. The Balaban J connectivity index is 0.720. The van der Waals surface area contributed by atoms with Crippen molar-refractivity contribution in [3.05, 3.63) is 150 Å². The molecule has 8 aromatic rings. The molecule has 2 atom stereocenters. The van der Waals surface area contributed by atoms with E-state index in [1.54, 1.807) is 38.5 Å². The van der Waals surface area contributed by atoms with Gasteiger partial charge < -0.3 is 38.2 Å². The average molecular weight is 1080 g/mol. The minimum Gasteiger partial charge on any atom is -0.493 e. The number of methoxy groups -OCH3 is 2. The van der Waals surface area contributed by atoms with Gasteiger partial charge in [0.2, 0.25) is 0 Å². The first kappa shape index (κ1) is 51.1. The first-order valence-corrected chi connectivity index (χ1v) is 27.9. The van der Waals surface area contributed by atoms with E-state index in [9.17, 15) is 22.4 Å². The van der Waals surface area contributed by atoms with Crippen LogP contribution < -0.4 is 28.4 Å². The first-order valence-electron chi connectivity index (χ1n) is 26.5. The van der Waals surface area contributed by atoms with E-state index in [0.29, 0.717) is 120 Å². The molecule has 1 aromatic heterocycles. The maximum absolute atomic E-state index is 14.4. The minimum atomic E-state index is -4.17. The van der Waals surface area contributed by atoms with Gasteiger partial charge >= 0.3 is 0 Å². The summed E-state index contributed by atoms with van der Waals surface area (Å²) in [6.07, 6.45) is 8.58. The number of benzene rings is 7. The number of hydrogen-bond acceptors (Lipinski definition) is 12. The van der Waals surface area contributed by atoms with Gasteiger partial charge in [-0.1, -0.05) is 36.4 Å². The monoisotopic (exact) mass is 1080 g/mol. The minimum absolute atomic E-state index is 0.00785. The van der Waals surface area contributed by atoms with E-state index in [4.69, 9.17) is 28.4 Å². The molecule has 402 valence electrons. The number of amides is 2. The summed E-state index contributed by atoms with van der Waals surface area (Å²) in [5.74, 6) is 2.68. The highest BCUT2D eigenvalue weighted by Crippen LogP contribution is 2.42. The zero-order valence-corrected chi connectivity index (χ0v) is 44.4. The fraction of sp³-hybridized carbons (Fsp3) is 0.258. The van der Waals surface area contributed by atoms with Gasteiger partial charge in [-0.2, -0.15) is 0 Å². The molecule has 0 radical (unpaired) electrons. The number of nitrogens with zero attached hydrogens (tertiary/aromatic N) is 5. The van der Waals surface area contributed by atoms with Crippen LogP contribution in [0.3, 0.4) is 0 Å². The van der Waals surface area contributed by atoms with Crippen LogP contribution in [0.25, 0.3) is 44.1 Å². The summed E-state index contributed by atoms with van der Waals surface area (Å²) in [4.78, 5) is 39.5. The number of fused-ring (bicyclic) bond motifs is 7. The Kier molecular flexibility index (Phi) is 14.0. The number of ether oxygens (including phenoxy) is 6. The van der Waals surface area contributed by atoms with Crippen LogP contribution >= 0.6 is 0 Å². The van der Waals surface area contributed by atoms with E-state index >= 15 is 0 Å². The van der Waals surface area contributed by atoms with Crippen molar-refractivity contribution in [2.45, 2.75) is 55.5 Å². The number of rotatable bonds is 18. The van der Waals surface area contributed by atoms with Crippen LogP contribution in [0.5, 0.6) is 34.5 Å². The third-order valence-electron chi connectivity index (χ3n) is 15.0. The van der Waals surface area contributed by atoms with E-state index in [1.807, 2.05) is 107 Å². The predicted molar refractivity (Wildman–Crippen MR) is 301 cm³/mol. The van der Waals surface area contributed by atoms with Gasteiger partial charge in [0.25, 0.3) is 21.8 Å². The van der Waals surface area contributed by atoms with Crippen molar-refractivity contribution >= 4 is 67.4 Å². The number of hydrogen-bond donors (Lipinski definition) is 0. The highest BCUT2D eigenvalue weighted by Gasteiger charge is 2.34. The molecule has 4 aliphatic heterocycles. The Morgan fingerprint density at radius 3 is 1.39 bits per heavy atom. The number of carbonyl (C=O) groups is 2. The molecule has 2 fully saturated rings. The van der Waals surface area contributed by atoms with Crippen molar-refractivity contribution in [2.75, 3.05) is 53.7 Å². The van der Waals surface area contributed by atoms with Gasteiger partial charge in [-0.05, 0) is 133 Å². The van der Waals surface area contributed by atoms with E-state index in [-0.39, 0.29) is 28.8 Å². The summed E-state index contributed by atoms with van der Waals surface area (Å²) in [5.41, 5.74) is 6.64. The molecule has 0 N–H and O–H groups in total. The Hall–Kier alpha value is -8.70. The Bertz CT molecular complexity index is 3620. The van der Waals surface area contributed by atoms with Crippen molar-refractivity contribution in [2.24, 2.45) is 9.98 Å². The van der Waals surface area contributed by atoms with Crippen molar-refractivity contribution in [1.29, 1.82) is 0 Å². The maximum Gasteiger partial charge on any atom is 0.268 e. The molecule has 0 aliphatic carbocycles. The lowest BCUT2D eigenvalue weighted by Crippen LogP contribution is -2.35. The highest BCUT2D eigenvalue weighted by atomic mass is 32.2. The number of aliphatic imine (C=N–C) groups is 2. The standard InChI is InChI=1S/C62H56FN5O10S/c1-73-57-33-51-53(64-37-44-7-3-25-66(44)61(51)69)35-59(57)77-29-5-27-75-46-17-9-39(10-18-46)41-13-23-55-49(31-41)50-32-42(14-24-56(50)68(55)79(71,72)48-21-15-43(63)16-22-48)40-11-19-47(20-12-40)76-28-6-30-78-60-36-54-52(34-58(60)74-2)62(70)67-26-4-8-45(67)38-65-54/h9-24,31-38,44-45H,3-8,25-30H2,1-2H3/t44-,45-/m0/s1. The van der Waals surface area contributed by atoms with E-state index < -0.39 is 15.8 Å². The normalized spacial score (nSPS) is 16.5. The molecule has 0 spiro atoms. The third kappa shape index (κ3) is 9.98. The van der Waals surface area contributed by atoms with Crippen LogP contribution in [0.15, 0.2) is 148 Å². The number of halogens is 1. The van der Waals surface area contributed by atoms with Gasteiger partial charge in [-0.15, -0.1) is 0 Å². The highest BCUT2D eigenvalue weighted by molar-refractivity contribution is 7.90. The molecule has 7 aromatic carbocycles. The molecule has 12 rings (SSSR count). The number of carbonyl (C=O) groups excluding carboxylic acids is 2. The third-order valence-corrected chi connectivity index (χ3v) is 16.7. The first-order chi connectivity index (χ1) is 38.5. The lowest BCUT2D eigenvalue weighted by atomic mass is 10.00. The van der Waals surface area contributed by atoms with Gasteiger partial charge in [-0.25, -0.2) is 16.8 Å². The van der Waals surface area contributed by atoms with Gasteiger partial charge in [0, 0.05) is 61.3 Å². The van der Waals surface area contributed by atoms with E-state index in [2.05, 4.69) is 9.98 Å². The lowest BCUT2D eigenvalue weighted by molar-refractivity contribution is 0.0766. The van der Waals surface area contributed by atoms with Crippen molar-refractivity contribution < 1.29 is 50.8 Å². The smallest absolute Gasteiger partial charge is 0.268 e. The van der Waals surface area contributed by atoms with Gasteiger partial charge in [-0.3, -0.25) is 19.6 Å². The van der Waals surface area contributed by atoms with Gasteiger partial charge in [0.05, 0.1) is 91.2 Å². The van der Waals surface area contributed by atoms with Crippen LogP contribution in [0.1, 0.15) is 59.2 Å². The van der Waals surface area contributed by atoms with Gasteiger partial charge in [0.1, 0.15) is 17.3 Å². The Labute approximate surface area is 456 Å². The molecular formula is C62H56FN5O10S. The fourth-order valence-electron chi connectivity index (χ4n) is 10.9. The molecule has 0 bridgehead atoms. The van der Waals surface area contributed by atoms with Crippen LogP contribution in [-0.2, 0) is 10.0 Å². The molecule has 15 nitrogen and oxygen atoms in total. The molecular weight excluding hydrogens is 1030 g/mol. The quantitative estimate of drug-likeness (QED) is 0.0757. The number of aromatic nitrogens is 1. The second-order valence-corrected chi connectivity index (χ2v) is 21.6. The molecule has 5 heterocycles. The second kappa shape index (κ2) is 21.6. The van der Waals surface area contributed by atoms with Crippen LogP contribution in [0.2, 0.25) is 0 Å². The summed E-state index contributed by atoms with van der Waals surface area (Å²) in [6.45, 7) is 2.89. The maximum atomic E-state index is 14.4. The molecule has 2 amide bonds. The topological polar surface area (TPSA) is 160 Å². The summed E-state index contributed by atoms with van der Waals surface area (Å²) >= 11 is 0. The summed E-state index contributed by atoms with van der Waals surface area (Å²) in [5, 5.41) is 1.44. The second-order valence-electron chi connectivity index (χ2n) is 19.8. The molecule has 4 aliphatic rings. The van der Waals surface area contributed by atoms with E-state index in [0.717, 1.165) is 70.8 Å². The Morgan fingerprint density at radius 1 is 0.519 bits per heavy atom. The molecule has 2 saturated heterocycles. The fourth-order valence-corrected chi connectivity index (χ4v) is 12.4. The van der Waals surface area contributed by atoms with Crippen molar-refractivity contribution in [3.63, 3.8) is 0 Å². The van der Waals surface area contributed by atoms with Crippen LogP contribution in [0, 0.1) is 5.82 Å². The zero-order valence-electron chi connectivity index (χ0n) is 43.6. The molecule has 0 unspecified atom stereocenters. The van der Waals surface area contributed by atoms with Gasteiger partial charge in [0.15, 0.2) is 23.0 Å². The van der Waals surface area contributed by atoms with Crippen LogP contribution in [-0.4, -0.2) is 112 Å². The summed E-state index contributed by atoms with van der Waals surface area (Å²) < 4.78 is 79.9.